The molecular formula is C11H17N3OS. The molecule has 88 valence electrons. The quantitative estimate of drug-likeness (QED) is 0.859. The van der Waals surface area contributed by atoms with Crippen LogP contribution < -0.4 is 5.32 Å². The second kappa shape index (κ2) is 4.30. The van der Waals surface area contributed by atoms with Gasteiger partial charge in [0.15, 0.2) is 0 Å². The van der Waals surface area contributed by atoms with Gasteiger partial charge in [-0.05, 0) is 32.6 Å². The van der Waals surface area contributed by atoms with Crippen molar-refractivity contribution in [3.8, 4) is 0 Å². The minimum atomic E-state index is 0.486. The van der Waals surface area contributed by atoms with Crippen LogP contribution in [0.1, 0.15) is 30.7 Å². The summed E-state index contributed by atoms with van der Waals surface area (Å²) in [4.78, 5) is 0. The first-order valence-electron chi connectivity index (χ1n) is 6.01. The lowest BCUT2D eigenvalue weighted by molar-refractivity contribution is 0.0620. The van der Waals surface area contributed by atoms with Gasteiger partial charge < -0.3 is 10.1 Å². The number of nitrogens with zero attached hydrogens (tertiary/aromatic N) is 2. The van der Waals surface area contributed by atoms with Crippen molar-refractivity contribution < 1.29 is 4.74 Å². The van der Waals surface area contributed by atoms with Crippen molar-refractivity contribution in [3.05, 3.63) is 5.01 Å². The number of hydrogen-bond donors (Lipinski definition) is 1. The molecule has 3 atom stereocenters. The van der Waals surface area contributed by atoms with Crippen LogP contribution in [0.5, 0.6) is 0 Å². The van der Waals surface area contributed by atoms with E-state index in [9.17, 15) is 0 Å². The topological polar surface area (TPSA) is 47.0 Å². The molecule has 5 heteroatoms. The van der Waals surface area contributed by atoms with E-state index in [1.54, 1.807) is 11.3 Å². The highest BCUT2D eigenvalue weighted by Gasteiger charge is 2.37. The van der Waals surface area contributed by atoms with Gasteiger partial charge in [0.2, 0.25) is 5.13 Å². The number of hydrogen-bond acceptors (Lipinski definition) is 5. The lowest BCUT2D eigenvalue weighted by atomic mass is 9.82. The molecule has 1 saturated heterocycles. The van der Waals surface area contributed by atoms with Crippen LogP contribution in [0, 0.1) is 12.8 Å². The fraction of sp³-hybridized carbons (Fsp3) is 0.818. The standard InChI is InChI=1S/C11H17N3OS/c1-7-13-14-11(16-7)12-9-3-2-4-10-8(9)5-6-15-10/h8-10H,2-6H2,1H3,(H,12,14)/t8-,9+,10-/m0/s1. The van der Waals surface area contributed by atoms with Gasteiger partial charge in [0, 0.05) is 18.6 Å². The van der Waals surface area contributed by atoms with E-state index < -0.39 is 0 Å². The Morgan fingerprint density at radius 1 is 1.31 bits per heavy atom. The molecule has 0 radical (unpaired) electrons. The fourth-order valence-electron chi connectivity index (χ4n) is 2.87. The molecule has 16 heavy (non-hydrogen) atoms. The number of aromatic nitrogens is 2. The third-order valence-corrected chi connectivity index (χ3v) is 4.39. The minimum absolute atomic E-state index is 0.486. The van der Waals surface area contributed by atoms with Crippen LogP contribution in [0.25, 0.3) is 0 Å². The van der Waals surface area contributed by atoms with E-state index >= 15 is 0 Å². The van der Waals surface area contributed by atoms with Crippen molar-refractivity contribution in [2.45, 2.75) is 44.8 Å². The molecular weight excluding hydrogens is 222 g/mol. The molecule has 2 fully saturated rings. The third-order valence-electron chi connectivity index (χ3n) is 3.62. The number of nitrogens with one attached hydrogen (secondary N) is 1. The van der Waals surface area contributed by atoms with E-state index in [-0.39, 0.29) is 0 Å². The normalized spacial score (nSPS) is 33.7. The molecule has 1 aromatic heterocycles. The summed E-state index contributed by atoms with van der Waals surface area (Å²) in [5.41, 5.74) is 0. The highest BCUT2D eigenvalue weighted by Crippen LogP contribution is 2.36. The van der Waals surface area contributed by atoms with E-state index in [4.69, 9.17) is 4.74 Å². The van der Waals surface area contributed by atoms with Gasteiger partial charge in [0.1, 0.15) is 5.01 Å². The van der Waals surface area contributed by atoms with Crippen LogP contribution in [0.4, 0.5) is 5.13 Å². The highest BCUT2D eigenvalue weighted by atomic mass is 32.1. The average molecular weight is 239 g/mol. The molecule has 0 spiro atoms. The first kappa shape index (κ1) is 10.5. The number of aryl methyl sites for hydroxylation is 1. The summed E-state index contributed by atoms with van der Waals surface area (Å²) in [6.07, 6.45) is 5.41. The summed E-state index contributed by atoms with van der Waals surface area (Å²) in [7, 11) is 0. The lowest BCUT2D eigenvalue weighted by Crippen LogP contribution is -2.38. The Balaban J connectivity index is 1.69. The van der Waals surface area contributed by atoms with Crippen molar-refractivity contribution in [1.29, 1.82) is 0 Å². The smallest absolute Gasteiger partial charge is 0.205 e. The van der Waals surface area contributed by atoms with Crippen LogP contribution in [0.3, 0.4) is 0 Å². The van der Waals surface area contributed by atoms with Crippen molar-refractivity contribution in [2.75, 3.05) is 11.9 Å². The Labute approximate surface area is 99.4 Å². The molecule has 1 aliphatic heterocycles. The summed E-state index contributed by atoms with van der Waals surface area (Å²) in [6, 6.07) is 0.536. The van der Waals surface area contributed by atoms with E-state index in [0.717, 1.165) is 16.7 Å². The molecule has 0 bridgehead atoms. The summed E-state index contributed by atoms with van der Waals surface area (Å²) in [5, 5.41) is 13.7. The van der Waals surface area contributed by atoms with Crippen molar-refractivity contribution >= 4 is 16.5 Å². The second-order valence-electron chi connectivity index (χ2n) is 4.67. The first-order chi connectivity index (χ1) is 7.83. The Hall–Kier alpha value is -0.680. The highest BCUT2D eigenvalue weighted by molar-refractivity contribution is 7.15. The van der Waals surface area contributed by atoms with Crippen LogP contribution in [-0.2, 0) is 4.74 Å². The molecule has 1 N–H and O–H groups in total. The van der Waals surface area contributed by atoms with E-state index in [0.29, 0.717) is 18.1 Å². The molecule has 0 unspecified atom stereocenters. The Bertz CT molecular complexity index is 368. The number of anilines is 1. The summed E-state index contributed by atoms with van der Waals surface area (Å²) in [5.74, 6) is 0.679. The Morgan fingerprint density at radius 2 is 2.25 bits per heavy atom. The molecule has 0 aromatic carbocycles. The largest absolute Gasteiger partial charge is 0.378 e. The summed E-state index contributed by atoms with van der Waals surface area (Å²) >= 11 is 1.64. The van der Waals surface area contributed by atoms with Crippen molar-refractivity contribution in [3.63, 3.8) is 0 Å². The van der Waals surface area contributed by atoms with Gasteiger partial charge in [-0.2, -0.15) is 0 Å². The van der Waals surface area contributed by atoms with Crippen LogP contribution in [0.15, 0.2) is 0 Å². The second-order valence-corrected chi connectivity index (χ2v) is 5.85. The maximum Gasteiger partial charge on any atom is 0.205 e. The summed E-state index contributed by atoms with van der Waals surface area (Å²) in [6.45, 7) is 2.92. The molecule has 1 saturated carbocycles. The van der Waals surface area contributed by atoms with Gasteiger partial charge in [-0.3, -0.25) is 0 Å². The van der Waals surface area contributed by atoms with Crippen molar-refractivity contribution in [1.82, 2.24) is 10.2 Å². The average Bonchev–Trinajstić information content (AvgIpc) is 2.87. The lowest BCUT2D eigenvalue weighted by Gasteiger charge is -2.32. The molecule has 0 amide bonds. The molecule has 4 nitrogen and oxygen atoms in total. The number of fused-ring (bicyclic) bond motifs is 1. The number of rotatable bonds is 2. The number of ether oxygens (including phenoxy) is 1. The van der Waals surface area contributed by atoms with E-state index in [2.05, 4.69) is 15.5 Å². The molecule has 2 aliphatic rings. The van der Waals surface area contributed by atoms with E-state index in [1.165, 1.54) is 25.7 Å². The van der Waals surface area contributed by atoms with E-state index in [1.807, 2.05) is 6.92 Å². The maximum absolute atomic E-state index is 5.76. The zero-order chi connectivity index (χ0) is 11.0. The van der Waals surface area contributed by atoms with Gasteiger partial charge in [-0.1, -0.05) is 11.3 Å². The Kier molecular flexibility index (Phi) is 2.81. The third kappa shape index (κ3) is 1.94. The van der Waals surface area contributed by atoms with Gasteiger partial charge in [-0.25, -0.2) is 0 Å². The predicted octanol–water partition coefficient (Wildman–Crippen LogP) is 2.22. The minimum Gasteiger partial charge on any atom is -0.378 e. The van der Waals surface area contributed by atoms with Gasteiger partial charge in [0.25, 0.3) is 0 Å². The maximum atomic E-state index is 5.76. The summed E-state index contributed by atoms with van der Waals surface area (Å²) < 4.78 is 5.76. The monoisotopic (exact) mass is 239 g/mol. The fourth-order valence-corrected chi connectivity index (χ4v) is 3.52. The zero-order valence-corrected chi connectivity index (χ0v) is 10.3. The van der Waals surface area contributed by atoms with Crippen LogP contribution in [-0.4, -0.2) is 29.0 Å². The predicted molar refractivity (Wildman–Crippen MR) is 63.8 cm³/mol. The molecule has 2 heterocycles. The van der Waals surface area contributed by atoms with Gasteiger partial charge in [0.05, 0.1) is 6.10 Å². The molecule has 1 aliphatic carbocycles. The van der Waals surface area contributed by atoms with Crippen molar-refractivity contribution in [2.24, 2.45) is 5.92 Å². The van der Waals surface area contributed by atoms with Crippen LogP contribution in [0.2, 0.25) is 0 Å². The Morgan fingerprint density at radius 3 is 3.06 bits per heavy atom. The van der Waals surface area contributed by atoms with Gasteiger partial charge in [-0.15, -0.1) is 10.2 Å². The molecule has 3 rings (SSSR count). The van der Waals surface area contributed by atoms with Gasteiger partial charge >= 0.3 is 0 Å². The molecule has 1 aromatic rings. The first-order valence-corrected chi connectivity index (χ1v) is 6.83. The zero-order valence-electron chi connectivity index (χ0n) is 9.48. The SMILES string of the molecule is Cc1nnc(N[C@@H]2CCC[C@@H]3OCC[C@H]32)s1. The van der Waals surface area contributed by atoms with Crippen LogP contribution >= 0.6 is 11.3 Å².